The molecular formula is C15H18BrN3O. The maximum Gasteiger partial charge on any atom is 0.133 e. The fraction of sp³-hybridized carbons (Fsp3) is 0.400. The largest absolute Gasteiger partial charge is 0.496 e. The summed E-state index contributed by atoms with van der Waals surface area (Å²) < 4.78 is 8.27. The minimum atomic E-state index is 0.716. The molecule has 20 heavy (non-hydrogen) atoms. The predicted octanol–water partition coefficient (Wildman–Crippen LogP) is 2.95. The van der Waals surface area contributed by atoms with Crippen molar-refractivity contribution in [2.45, 2.75) is 32.0 Å². The molecule has 1 aliphatic carbocycles. The van der Waals surface area contributed by atoms with E-state index >= 15 is 0 Å². The quantitative estimate of drug-likeness (QED) is 0.882. The molecule has 1 aromatic carbocycles. The van der Waals surface area contributed by atoms with E-state index in [1.54, 1.807) is 7.11 Å². The normalized spacial score (nSPS) is 14.5. The second kappa shape index (κ2) is 5.97. The van der Waals surface area contributed by atoms with Crippen molar-refractivity contribution >= 4 is 15.9 Å². The summed E-state index contributed by atoms with van der Waals surface area (Å²) >= 11 is 3.52. The van der Waals surface area contributed by atoms with Gasteiger partial charge in [-0.25, -0.2) is 0 Å². The third-order valence-electron chi connectivity index (χ3n) is 3.50. The van der Waals surface area contributed by atoms with Crippen LogP contribution >= 0.6 is 15.9 Å². The zero-order chi connectivity index (χ0) is 13.9. The van der Waals surface area contributed by atoms with Gasteiger partial charge in [0.1, 0.15) is 5.75 Å². The molecule has 2 aromatic rings. The molecule has 0 radical (unpaired) electrons. The van der Waals surface area contributed by atoms with Gasteiger partial charge in [-0.3, -0.25) is 4.68 Å². The number of nitrogens with one attached hydrogen (secondary N) is 1. The second-order valence-electron chi connectivity index (χ2n) is 5.10. The zero-order valence-electron chi connectivity index (χ0n) is 11.5. The summed E-state index contributed by atoms with van der Waals surface area (Å²) in [5, 5.41) is 7.94. The lowest BCUT2D eigenvalue weighted by Gasteiger charge is -2.10. The number of halogens is 1. The van der Waals surface area contributed by atoms with Gasteiger partial charge in [0.05, 0.1) is 23.8 Å². The molecule has 1 N–H and O–H groups in total. The van der Waals surface area contributed by atoms with Gasteiger partial charge in [-0.05, 0) is 52.5 Å². The van der Waals surface area contributed by atoms with Gasteiger partial charge in [-0.2, -0.15) is 5.10 Å². The summed E-state index contributed by atoms with van der Waals surface area (Å²) in [5.41, 5.74) is 2.43. The first kappa shape index (κ1) is 13.6. The minimum Gasteiger partial charge on any atom is -0.496 e. The first-order chi connectivity index (χ1) is 9.76. The molecule has 1 aromatic heterocycles. The average molecular weight is 336 g/mol. The number of methoxy groups -OCH3 is 1. The van der Waals surface area contributed by atoms with E-state index in [0.717, 1.165) is 23.3 Å². The van der Waals surface area contributed by atoms with Gasteiger partial charge >= 0.3 is 0 Å². The molecule has 1 heterocycles. The number of benzene rings is 1. The van der Waals surface area contributed by atoms with Crippen molar-refractivity contribution in [2.24, 2.45) is 0 Å². The zero-order valence-corrected chi connectivity index (χ0v) is 13.1. The molecule has 0 saturated heterocycles. The van der Waals surface area contributed by atoms with E-state index in [4.69, 9.17) is 4.74 Å². The monoisotopic (exact) mass is 335 g/mol. The van der Waals surface area contributed by atoms with Crippen molar-refractivity contribution in [3.05, 3.63) is 46.2 Å². The average Bonchev–Trinajstić information content (AvgIpc) is 3.17. The lowest BCUT2D eigenvalue weighted by atomic mass is 10.2. The summed E-state index contributed by atoms with van der Waals surface area (Å²) in [7, 11) is 1.68. The first-order valence-corrected chi connectivity index (χ1v) is 7.62. The molecule has 0 bridgehead atoms. The molecule has 0 aliphatic heterocycles. The topological polar surface area (TPSA) is 39.1 Å². The minimum absolute atomic E-state index is 0.716. The van der Waals surface area contributed by atoms with Crippen LogP contribution in [0.4, 0.5) is 0 Å². The van der Waals surface area contributed by atoms with Crippen molar-refractivity contribution in [2.75, 3.05) is 7.11 Å². The molecule has 0 unspecified atom stereocenters. The van der Waals surface area contributed by atoms with E-state index in [1.807, 2.05) is 16.9 Å². The number of rotatable bonds is 6. The van der Waals surface area contributed by atoms with Crippen LogP contribution < -0.4 is 10.1 Å². The molecule has 4 nitrogen and oxygen atoms in total. The van der Waals surface area contributed by atoms with Crippen LogP contribution in [0.15, 0.2) is 34.9 Å². The Kier molecular flexibility index (Phi) is 4.08. The van der Waals surface area contributed by atoms with Crippen LogP contribution in [0.5, 0.6) is 5.75 Å². The highest BCUT2D eigenvalue weighted by molar-refractivity contribution is 9.10. The van der Waals surface area contributed by atoms with Crippen LogP contribution in [0.3, 0.4) is 0 Å². The Bertz CT molecular complexity index is 593. The van der Waals surface area contributed by atoms with Crippen molar-refractivity contribution in [3.8, 4) is 5.75 Å². The van der Waals surface area contributed by atoms with Crippen LogP contribution in [0, 0.1) is 0 Å². The van der Waals surface area contributed by atoms with Gasteiger partial charge in [0.2, 0.25) is 0 Å². The highest BCUT2D eigenvalue weighted by atomic mass is 79.9. The number of hydrogen-bond donors (Lipinski definition) is 1. The summed E-state index contributed by atoms with van der Waals surface area (Å²) in [6.45, 7) is 1.67. The smallest absolute Gasteiger partial charge is 0.133 e. The number of hydrogen-bond acceptors (Lipinski definition) is 3. The van der Waals surface area contributed by atoms with Crippen molar-refractivity contribution < 1.29 is 4.74 Å². The van der Waals surface area contributed by atoms with E-state index in [0.29, 0.717) is 6.04 Å². The SMILES string of the molecule is COc1ccc(Cn2nccc2CNC2CC2)cc1Br. The van der Waals surface area contributed by atoms with Crippen LogP contribution in [0.2, 0.25) is 0 Å². The van der Waals surface area contributed by atoms with Gasteiger partial charge in [0.25, 0.3) is 0 Å². The third kappa shape index (κ3) is 3.22. The maximum absolute atomic E-state index is 5.25. The predicted molar refractivity (Wildman–Crippen MR) is 81.9 cm³/mol. The maximum atomic E-state index is 5.25. The highest BCUT2D eigenvalue weighted by Crippen LogP contribution is 2.26. The van der Waals surface area contributed by atoms with Gasteiger partial charge < -0.3 is 10.1 Å². The van der Waals surface area contributed by atoms with E-state index in [1.165, 1.54) is 24.1 Å². The van der Waals surface area contributed by atoms with Crippen LogP contribution in [-0.2, 0) is 13.1 Å². The Morgan fingerprint density at radius 2 is 2.25 bits per heavy atom. The fourth-order valence-corrected chi connectivity index (χ4v) is 2.76. The second-order valence-corrected chi connectivity index (χ2v) is 5.96. The van der Waals surface area contributed by atoms with Crippen LogP contribution in [0.1, 0.15) is 24.1 Å². The van der Waals surface area contributed by atoms with E-state index in [9.17, 15) is 0 Å². The summed E-state index contributed by atoms with van der Waals surface area (Å²) in [6, 6.07) is 8.93. The standard InChI is InChI=1S/C15H18BrN3O/c1-20-15-5-2-11(8-14(15)16)10-19-13(6-7-18-19)9-17-12-3-4-12/h2,5-8,12,17H,3-4,9-10H2,1H3. The molecule has 1 aliphatic rings. The third-order valence-corrected chi connectivity index (χ3v) is 4.12. The van der Waals surface area contributed by atoms with Crippen LogP contribution in [-0.4, -0.2) is 22.9 Å². The lowest BCUT2D eigenvalue weighted by Crippen LogP contribution is -2.18. The number of nitrogens with zero attached hydrogens (tertiary/aromatic N) is 2. The van der Waals surface area contributed by atoms with Crippen LogP contribution in [0.25, 0.3) is 0 Å². The Labute approximate surface area is 127 Å². The molecule has 1 saturated carbocycles. The Balaban J connectivity index is 1.70. The summed E-state index contributed by atoms with van der Waals surface area (Å²) in [5.74, 6) is 0.852. The van der Waals surface area contributed by atoms with Crippen molar-refractivity contribution in [3.63, 3.8) is 0 Å². The number of aromatic nitrogens is 2. The van der Waals surface area contributed by atoms with E-state index < -0.39 is 0 Å². The number of ether oxygens (including phenoxy) is 1. The van der Waals surface area contributed by atoms with Gasteiger partial charge in [0, 0.05) is 18.8 Å². The van der Waals surface area contributed by atoms with E-state index in [2.05, 4.69) is 44.5 Å². The lowest BCUT2D eigenvalue weighted by molar-refractivity contribution is 0.412. The molecule has 0 amide bonds. The molecular weight excluding hydrogens is 318 g/mol. The van der Waals surface area contributed by atoms with Gasteiger partial charge in [0.15, 0.2) is 0 Å². The molecule has 3 rings (SSSR count). The Morgan fingerprint density at radius 3 is 2.95 bits per heavy atom. The summed E-state index contributed by atoms with van der Waals surface area (Å²) in [4.78, 5) is 0. The summed E-state index contributed by atoms with van der Waals surface area (Å²) in [6.07, 6.45) is 4.47. The Morgan fingerprint density at radius 1 is 1.40 bits per heavy atom. The van der Waals surface area contributed by atoms with Crippen molar-refractivity contribution in [1.29, 1.82) is 0 Å². The fourth-order valence-electron chi connectivity index (χ4n) is 2.17. The van der Waals surface area contributed by atoms with Crippen molar-refractivity contribution in [1.82, 2.24) is 15.1 Å². The van der Waals surface area contributed by atoms with Gasteiger partial charge in [-0.1, -0.05) is 6.07 Å². The molecule has 106 valence electrons. The van der Waals surface area contributed by atoms with E-state index in [-0.39, 0.29) is 0 Å². The Hall–Kier alpha value is -1.33. The molecule has 0 spiro atoms. The highest BCUT2D eigenvalue weighted by Gasteiger charge is 2.20. The molecule has 5 heteroatoms. The molecule has 0 atom stereocenters. The first-order valence-electron chi connectivity index (χ1n) is 6.83. The van der Waals surface area contributed by atoms with Gasteiger partial charge in [-0.15, -0.1) is 0 Å². The molecule has 1 fully saturated rings.